The van der Waals surface area contributed by atoms with Crippen molar-refractivity contribution in [3.05, 3.63) is 26.9 Å². The summed E-state index contributed by atoms with van der Waals surface area (Å²) in [6.45, 7) is 3.65. The van der Waals surface area contributed by atoms with E-state index in [-0.39, 0.29) is 28.3 Å². The molecule has 140 valence electrons. The maximum atomic E-state index is 13.0. The molecule has 0 aliphatic heterocycles. The fourth-order valence-electron chi connectivity index (χ4n) is 2.36. The maximum absolute atomic E-state index is 13.0. The van der Waals surface area contributed by atoms with Crippen LogP contribution in [-0.2, 0) is 4.74 Å². The van der Waals surface area contributed by atoms with E-state index in [0.717, 1.165) is 35.5 Å². The van der Waals surface area contributed by atoms with Crippen LogP contribution in [0, 0.1) is 6.92 Å². The Hall–Kier alpha value is -1.52. The highest BCUT2D eigenvalue weighted by atomic mass is 32.2. The second-order valence-electron chi connectivity index (χ2n) is 5.53. The van der Waals surface area contributed by atoms with Crippen molar-refractivity contribution in [1.29, 1.82) is 0 Å². The minimum atomic E-state index is -2.59. The second kappa shape index (κ2) is 8.01. The monoisotopic (exact) mass is 418 g/mol. The molecule has 0 bridgehead atoms. The van der Waals surface area contributed by atoms with Crippen molar-refractivity contribution >= 4 is 51.4 Å². The number of thiazole rings is 1. The molecule has 0 radical (unpaired) electrons. The number of aromatic nitrogens is 1. The molecule has 2 aromatic rings. The number of carbonyl (C=O) groups excluding carboxylic acids is 2. The van der Waals surface area contributed by atoms with Gasteiger partial charge in [0, 0.05) is 10.9 Å². The summed E-state index contributed by atoms with van der Waals surface area (Å²) in [4.78, 5) is 31.8. The van der Waals surface area contributed by atoms with E-state index in [9.17, 15) is 18.4 Å². The molecule has 0 aromatic carbocycles. The van der Waals surface area contributed by atoms with E-state index in [4.69, 9.17) is 4.74 Å². The Labute approximate surface area is 161 Å². The predicted octanol–water partition coefficient (Wildman–Crippen LogP) is 4.81. The van der Waals surface area contributed by atoms with Gasteiger partial charge in [-0.15, -0.1) is 11.3 Å². The number of rotatable bonds is 7. The standard InChI is InChI=1S/C16H16F2N2O3S3/c1-3-23-14(22)11-8(2)19-16(26-11)20(9-4-5-9)13(21)12-10(6-7-24-12)25-15(17)18/h6-7,9,15H,3-5H2,1-2H3. The first-order valence-electron chi connectivity index (χ1n) is 7.92. The second-order valence-corrected chi connectivity index (χ2v) is 8.46. The van der Waals surface area contributed by atoms with Crippen molar-refractivity contribution in [1.82, 2.24) is 4.98 Å². The fraction of sp³-hybridized carbons (Fsp3) is 0.438. The minimum Gasteiger partial charge on any atom is -0.462 e. The molecule has 10 heteroatoms. The minimum absolute atomic E-state index is 0.0189. The number of anilines is 1. The van der Waals surface area contributed by atoms with Crippen LogP contribution >= 0.6 is 34.4 Å². The molecule has 0 N–H and O–H groups in total. The van der Waals surface area contributed by atoms with E-state index < -0.39 is 11.7 Å². The number of nitrogens with zero attached hydrogens (tertiary/aromatic N) is 2. The first-order chi connectivity index (χ1) is 12.4. The lowest BCUT2D eigenvalue weighted by molar-refractivity contribution is 0.0531. The summed E-state index contributed by atoms with van der Waals surface area (Å²) < 4.78 is 30.5. The number of halogens is 2. The summed E-state index contributed by atoms with van der Waals surface area (Å²) >= 11 is 2.59. The number of amides is 1. The van der Waals surface area contributed by atoms with Crippen LogP contribution < -0.4 is 4.90 Å². The van der Waals surface area contributed by atoms with Gasteiger partial charge >= 0.3 is 5.97 Å². The van der Waals surface area contributed by atoms with Crippen molar-refractivity contribution in [2.75, 3.05) is 11.5 Å². The Morgan fingerprint density at radius 3 is 2.77 bits per heavy atom. The smallest absolute Gasteiger partial charge is 0.350 e. The van der Waals surface area contributed by atoms with E-state index in [0.29, 0.717) is 27.5 Å². The highest BCUT2D eigenvalue weighted by Crippen LogP contribution is 2.39. The Morgan fingerprint density at radius 1 is 1.42 bits per heavy atom. The predicted molar refractivity (Wildman–Crippen MR) is 98.8 cm³/mol. The van der Waals surface area contributed by atoms with Crippen LogP contribution in [0.2, 0.25) is 0 Å². The largest absolute Gasteiger partial charge is 0.462 e. The van der Waals surface area contributed by atoms with E-state index in [1.54, 1.807) is 19.2 Å². The van der Waals surface area contributed by atoms with Crippen molar-refractivity contribution in [2.24, 2.45) is 0 Å². The van der Waals surface area contributed by atoms with E-state index in [1.165, 1.54) is 11.0 Å². The summed E-state index contributed by atoms with van der Waals surface area (Å²) in [7, 11) is 0. The number of carbonyl (C=O) groups is 2. The Morgan fingerprint density at radius 2 is 2.15 bits per heavy atom. The van der Waals surface area contributed by atoms with Gasteiger partial charge < -0.3 is 4.74 Å². The zero-order chi connectivity index (χ0) is 18.8. The Balaban J connectivity index is 1.91. The van der Waals surface area contributed by atoms with Crippen LogP contribution in [0.4, 0.5) is 13.9 Å². The van der Waals surface area contributed by atoms with Gasteiger partial charge in [0.05, 0.1) is 12.3 Å². The topological polar surface area (TPSA) is 59.5 Å². The van der Waals surface area contributed by atoms with E-state index >= 15 is 0 Å². The van der Waals surface area contributed by atoms with Crippen LogP contribution in [0.1, 0.15) is 44.8 Å². The fourth-order valence-corrected chi connectivity index (χ4v) is 5.03. The molecule has 0 atom stereocenters. The Bertz CT molecular complexity index is 818. The molecule has 2 aromatic heterocycles. The molecule has 1 aliphatic carbocycles. The van der Waals surface area contributed by atoms with Crippen LogP contribution in [0.5, 0.6) is 0 Å². The van der Waals surface area contributed by atoms with Gasteiger partial charge in [0.25, 0.3) is 11.7 Å². The molecule has 3 rings (SSSR count). The van der Waals surface area contributed by atoms with Crippen LogP contribution in [0.25, 0.3) is 0 Å². The van der Waals surface area contributed by atoms with Gasteiger partial charge in [-0.25, -0.2) is 9.78 Å². The zero-order valence-corrected chi connectivity index (χ0v) is 16.5. The van der Waals surface area contributed by atoms with Gasteiger partial charge in [0.1, 0.15) is 9.75 Å². The summed E-state index contributed by atoms with van der Waals surface area (Å²) in [6.07, 6.45) is 1.64. The number of hydrogen-bond acceptors (Lipinski definition) is 7. The van der Waals surface area contributed by atoms with Gasteiger partial charge in [-0.3, -0.25) is 9.69 Å². The third kappa shape index (κ3) is 4.07. The van der Waals surface area contributed by atoms with Crippen molar-refractivity contribution < 1.29 is 23.1 Å². The molecule has 2 heterocycles. The molecule has 1 aliphatic rings. The average Bonchev–Trinajstić information content (AvgIpc) is 3.16. The molecule has 26 heavy (non-hydrogen) atoms. The maximum Gasteiger partial charge on any atom is 0.350 e. The first kappa shape index (κ1) is 19.2. The van der Waals surface area contributed by atoms with Gasteiger partial charge in [0.15, 0.2) is 5.13 Å². The number of alkyl halides is 2. The first-order valence-corrected chi connectivity index (χ1v) is 10.5. The number of aryl methyl sites for hydroxylation is 1. The summed E-state index contributed by atoms with van der Waals surface area (Å²) in [5.74, 6) is -3.42. The van der Waals surface area contributed by atoms with Gasteiger partial charge in [-0.05, 0) is 38.1 Å². The highest BCUT2D eigenvalue weighted by Gasteiger charge is 2.38. The SMILES string of the molecule is CCOC(=O)c1sc(N(C(=O)c2sccc2SC(F)F)C2CC2)nc1C. The lowest BCUT2D eigenvalue weighted by atomic mass is 10.4. The third-order valence-electron chi connectivity index (χ3n) is 3.62. The molecule has 0 unspecified atom stereocenters. The molecule has 1 amide bonds. The summed E-state index contributed by atoms with van der Waals surface area (Å²) in [5, 5.41) is 2.03. The van der Waals surface area contributed by atoms with Gasteiger partial charge in [-0.1, -0.05) is 23.1 Å². The normalized spacial score (nSPS) is 13.9. The molecule has 0 spiro atoms. The number of thioether (sulfide) groups is 1. The quantitative estimate of drug-likeness (QED) is 0.477. The van der Waals surface area contributed by atoms with Crippen LogP contribution in [-0.4, -0.2) is 35.3 Å². The number of ether oxygens (including phenoxy) is 1. The zero-order valence-electron chi connectivity index (χ0n) is 14.0. The molecule has 1 fully saturated rings. The van der Waals surface area contributed by atoms with Crippen molar-refractivity contribution in [3.8, 4) is 0 Å². The number of hydrogen-bond donors (Lipinski definition) is 0. The van der Waals surface area contributed by atoms with E-state index in [2.05, 4.69) is 4.98 Å². The lowest BCUT2D eigenvalue weighted by Crippen LogP contribution is -2.32. The van der Waals surface area contributed by atoms with Crippen molar-refractivity contribution in [2.45, 2.75) is 43.4 Å². The van der Waals surface area contributed by atoms with Gasteiger partial charge in [0.2, 0.25) is 0 Å². The lowest BCUT2D eigenvalue weighted by Gasteiger charge is -2.19. The summed E-state index contributed by atoms with van der Waals surface area (Å²) in [6, 6.07) is 1.51. The average molecular weight is 419 g/mol. The summed E-state index contributed by atoms with van der Waals surface area (Å²) in [5.41, 5.74) is 0.496. The Kier molecular flexibility index (Phi) is 5.93. The van der Waals surface area contributed by atoms with Crippen LogP contribution in [0.15, 0.2) is 16.3 Å². The van der Waals surface area contributed by atoms with E-state index in [1.807, 2.05) is 0 Å². The number of thiophene rings is 1. The molecule has 0 saturated heterocycles. The highest BCUT2D eigenvalue weighted by molar-refractivity contribution is 7.99. The number of esters is 1. The molecular formula is C16H16F2N2O3S3. The third-order valence-corrected chi connectivity index (χ3v) is 6.56. The molecule has 5 nitrogen and oxygen atoms in total. The van der Waals surface area contributed by atoms with Gasteiger partial charge in [-0.2, -0.15) is 8.78 Å². The molecule has 1 saturated carbocycles. The molecular weight excluding hydrogens is 402 g/mol. The van der Waals surface area contributed by atoms with Crippen molar-refractivity contribution in [3.63, 3.8) is 0 Å². The van der Waals surface area contributed by atoms with Crippen LogP contribution in [0.3, 0.4) is 0 Å².